The lowest BCUT2D eigenvalue weighted by atomic mass is 9.99. The van der Waals surface area contributed by atoms with Crippen LogP contribution in [-0.4, -0.2) is 9.38 Å². The van der Waals surface area contributed by atoms with E-state index in [2.05, 4.69) is 25.2 Å². The zero-order chi connectivity index (χ0) is 18.3. The number of halogens is 1. The fourth-order valence-electron chi connectivity index (χ4n) is 3.19. The first-order valence-corrected chi connectivity index (χ1v) is 8.83. The molecule has 0 spiro atoms. The molecular formula is C21H17ClN4. The number of nitrogens with zero attached hydrogens (tertiary/aromatic N) is 3. The largest absolute Gasteiger partial charge is 0.341 e. The fourth-order valence-corrected chi connectivity index (χ4v) is 3.32. The van der Waals surface area contributed by atoms with E-state index in [0.29, 0.717) is 16.2 Å². The number of imidazole rings is 1. The van der Waals surface area contributed by atoms with Gasteiger partial charge in [-0.2, -0.15) is 5.26 Å². The lowest BCUT2D eigenvalue weighted by molar-refractivity contribution is 0.860. The molecule has 2 aromatic heterocycles. The average Bonchev–Trinajstić information content (AvgIpc) is 3.03. The molecule has 26 heavy (non-hydrogen) atoms. The van der Waals surface area contributed by atoms with Gasteiger partial charge in [0.15, 0.2) is 5.65 Å². The van der Waals surface area contributed by atoms with Gasteiger partial charge in [-0.15, -0.1) is 0 Å². The number of hydrogen-bond acceptors (Lipinski definition) is 3. The summed E-state index contributed by atoms with van der Waals surface area (Å²) < 4.78 is 2.01. The Balaban J connectivity index is 2.03. The number of rotatable bonds is 3. The zero-order valence-electron chi connectivity index (χ0n) is 14.5. The number of nitrogens with one attached hydrogen (secondary N) is 1. The first kappa shape index (κ1) is 16.4. The Labute approximate surface area is 156 Å². The summed E-state index contributed by atoms with van der Waals surface area (Å²) >= 11 is 6.00. The minimum absolute atomic E-state index is 0.209. The quantitative estimate of drug-likeness (QED) is 0.496. The van der Waals surface area contributed by atoms with Crippen LogP contribution in [0.4, 0.5) is 11.5 Å². The summed E-state index contributed by atoms with van der Waals surface area (Å²) in [6.07, 6.45) is 0. The van der Waals surface area contributed by atoms with Gasteiger partial charge in [0.25, 0.3) is 0 Å². The number of para-hydroxylation sites is 2. The van der Waals surface area contributed by atoms with Crippen molar-refractivity contribution in [3.8, 4) is 6.07 Å². The lowest BCUT2D eigenvalue weighted by Crippen LogP contribution is -2.04. The number of nitriles is 1. The minimum Gasteiger partial charge on any atom is -0.341 e. The lowest BCUT2D eigenvalue weighted by Gasteiger charge is -2.16. The highest BCUT2D eigenvalue weighted by atomic mass is 35.5. The third-order valence-electron chi connectivity index (χ3n) is 4.46. The highest BCUT2D eigenvalue weighted by molar-refractivity contribution is 6.30. The molecule has 4 aromatic rings. The van der Waals surface area contributed by atoms with Gasteiger partial charge in [-0.05, 0) is 53.9 Å². The number of hydrogen-bond donors (Lipinski definition) is 1. The van der Waals surface area contributed by atoms with Crippen LogP contribution >= 0.6 is 11.6 Å². The first-order chi connectivity index (χ1) is 12.6. The molecule has 0 amide bonds. The molecule has 4 nitrogen and oxygen atoms in total. The Hall–Kier alpha value is -3.03. The smallest absolute Gasteiger partial charge is 0.157 e. The monoisotopic (exact) mass is 360 g/mol. The highest BCUT2D eigenvalue weighted by Gasteiger charge is 2.18. The van der Waals surface area contributed by atoms with Gasteiger partial charge >= 0.3 is 0 Å². The van der Waals surface area contributed by atoms with Crippen LogP contribution in [0, 0.1) is 11.3 Å². The Morgan fingerprint density at radius 1 is 1.12 bits per heavy atom. The van der Waals surface area contributed by atoms with Crippen LogP contribution in [0.15, 0.2) is 54.6 Å². The molecule has 128 valence electrons. The van der Waals surface area contributed by atoms with E-state index < -0.39 is 0 Å². The molecule has 0 bridgehead atoms. The molecule has 0 aliphatic rings. The van der Waals surface area contributed by atoms with Gasteiger partial charge in [0, 0.05) is 10.7 Å². The van der Waals surface area contributed by atoms with E-state index in [-0.39, 0.29) is 5.92 Å². The second kappa shape index (κ2) is 6.36. The molecule has 0 atom stereocenters. The molecule has 0 saturated carbocycles. The van der Waals surface area contributed by atoms with Crippen molar-refractivity contribution in [3.05, 3.63) is 70.7 Å². The minimum atomic E-state index is 0.209. The van der Waals surface area contributed by atoms with E-state index in [1.807, 2.05) is 59.0 Å². The third kappa shape index (κ3) is 2.67. The topological polar surface area (TPSA) is 53.1 Å². The van der Waals surface area contributed by atoms with Crippen LogP contribution in [-0.2, 0) is 0 Å². The second-order valence-electron chi connectivity index (χ2n) is 6.52. The van der Waals surface area contributed by atoms with Crippen LogP contribution in [0.25, 0.3) is 16.7 Å². The molecule has 2 aromatic carbocycles. The maximum absolute atomic E-state index is 9.76. The normalized spacial score (nSPS) is 11.2. The maximum atomic E-state index is 9.76. The molecule has 4 rings (SSSR count). The van der Waals surface area contributed by atoms with Crippen molar-refractivity contribution >= 4 is 39.8 Å². The molecule has 5 heteroatoms. The zero-order valence-corrected chi connectivity index (χ0v) is 15.2. The summed E-state index contributed by atoms with van der Waals surface area (Å²) in [6, 6.07) is 19.9. The van der Waals surface area contributed by atoms with Gasteiger partial charge in [-0.3, -0.25) is 4.40 Å². The molecule has 0 fully saturated rings. The van der Waals surface area contributed by atoms with Crippen molar-refractivity contribution in [2.24, 2.45) is 0 Å². The predicted octanol–water partition coefficient (Wildman–Crippen LogP) is 5.88. The first-order valence-electron chi connectivity index (χ1n) is 8.45. The Bertz CT molecular complexity index is 1150. The van der Waals surface area contributed by atoms with Crippen molar-refractivity contribution < 1.29 is 0 Å². The summed E-state index contributed by atoms with van der Waals surface area (Å²) in [5, 5.41) is 13.9. The van der Waals surface area contributed by atoms with Gasteiger partial charge in [0.05, 0.1) is 16.6 Å². The molecule has 0 saturated heterocycles. The fraction of sp³-hybridized carbons (Fsp3) is 0.143. The maximum Gasteiger partial charge on any atom is 0.157 e. The van der Waals surface area contributed by atoms with Gasteiger partial charge in [-0.1, -0.05) is 37.6 Å². The average molecular weight is 361 g/mol. The molecule has 0 radical (unpaired) electrons. The van der Waals surface area contributed by atoms with Crippen LogP contribution in [0.3, 0.4) is 0 Å². The van der Waals surface area contributed by atoms with Crippen molar-refractivity contribution in [3.63, 3.8) is 0 Å². The summed E-state index contributed by atoms with van der Waals surface area (Å²) in [6.45, 7) is 4.17. The summed E-state index contributed by atoms with van der Waals surface area (Å²) in [4.78, 5) is 4.72. The highest BCUT2D eigenvalue weighted by Crippen LogP contribution is 2.32. The van der Waals surface area contributed by atoms with Gasteiger partial charge in [-0.25, -0.2) is 4.98 Å². The Morgan fingerprint density at radius 3 is 2.54 bits per heavy atom. The van der Waals surface area contributed by atoms with E-state index in [9.17, 15) is 5.26 Å². The van der Waals surface area contributed by atoms with Crippen molar-refractivity contribution in [2.45, 2.75) is 19.8 Å². The second-order valence-corrected chi connectivity index (χ2v) is 6.95. The molecule has 0 aliphatic carbocycles. The van der Waals surface area contributed by atoms with Crippen molar-refractivity contribution in [1.82, 2.24) is 9.38 Å². The van der Waals surface area contributed by atoms with Crippen LogP contribution in [0.5, 0.6) is 0 Å². The Kier molecular flexibility index (Phi) is 4.02. The standard InChI is InChI=1S/C21H17ClN4/c1-13(2)16-11-20(24-15-9-7-14(22)8-10-15)26-19-6-4-3-5-18(19)25-21(26)17(16)12-23/h3-11,13,24H,1-2H3. The van der Waals surface area contributed by atoms with Crippen molar-refractivity contribution in [2.75, 3.05) is 5.32 Å². The molecule has 0 unspecified atom stereocenters. The SMILES string of the molecule is CC(C)c1cc(Nc2ccc(Cl)cc2)n2c(nc3ccccc32)c1C#N. The number of anilines is 2. The number of benzene rings is 2. The van der Waals surface area contributed by atoms with E-state index in [1.54, 1.807) is 0 Å². The van der Waals surface area contributed by atoms with E-state index in [0.717, 1.165) is 28.1 Å². The summed E-state index contributed by atoms with van der Waals surface area (Å²) in [5.74, 6) is 1.08. The molecular weight excluding hydrogens is 344 g/mol. The summed E-state index contributed by atoms with van der Waals surface area (Å²) in [7, 11) is 0. The van der Waals surface area contributed by atoms with E-state index >= 15 is 0 Å². The van der Waals surface area contributed by atoms with Gasteiger partial charge in [0.2, 0.25) is 0 Å². The van der Waals surface area contributed by atoms with Gasteiger partial charge in [0.1, 0.15) is 11.9 Å². The molecule has 0 aliphatic heterocycles. The van der Waals surface area contributed by atoms with Crippen LogP contribution in [0.2, 0.25) is 5.02 Å². The van der Waals surface area contributed by atoms with Gasteiger partial charge < -0.3 is 5.32 Å². The Morgan fingerprint density at radius 2 is 1.85 bits per heavy atom. The molecule has 1 N–H and O–H groups in total. The number of pyridine rings is 1. The van der Waals surface area contributed by atoms with Crippen molar-refractivity contribution in [1.29, 1.82) is 5.26 Å². The number of fused-ring (bicyclic) bond motifs is 3. The molecule has 2 heterocycles. The summed E-state index contributed by atoms with van der Waals surface area (Å²) in [5.41, 5.74) is 5.03. The third-order valence-corrected chi connectivity index (χ3v) is 4.71. The predicted molar refractivity (Wildman–Crippen MR) is 106 cm³/mol. The van der Waals surface area contributed by atoms with E-state index in [1.165, 1.54) is 0 Å². The number of aromatic nitrogens is 2. The van der Waals surface area contributed by atoms with Crippen LogP contribution < -0.4 is 5.32 Å². The van der Waals surface area contributed by atoms with E-state index in [4.69, 9.17) is 16.6 Å². The van der Waals surface area contributed by atoms with Crippen LogP contribution in [0.1, 0.15) is 30.9 Å².